The minimum atomic E-state index is -0.356. The van der Waals surface area contributed by atoms with Crippen molar-refractivity contribution in [3.05, 3.63) is 65.2 Å². The first-order valence-electron chi connectivity index (χ1n) is 10.5. The van der Waals surface area contributed by atoms with E-state index >= 15 is 0 Å². The third kappa shape index (κ3) is 6.70. The van der Waals surface area contributed by atoms with E-state index in [-0.39, 0.29) is 18.5 Å². The van der Waals surface area contributed by atoms with E-state index in [2.05, 4.69) is 44.7 Å². The van der Waals surface area contributed by atoms with E-state index in [0.29, 0.717) is 24.3 Å². The van der Waals surface area contributed by atoms with Gasteiger partial charge in [-0.25, -0.2) is 0 Å². The van der Waals surface area contributed by atoms with Gasteiger partial charge in [0, 0.05) is 30.5 Å². The number of hydrogen-bond acceptors (Lipinski definition) is 5. The number of rotatable bonds is 11. The first kappa shape index (κ1) is 23.6. The Kier molecular flexibility index (Phi) is 9.06. The minimum absolute atomic E-state index is 0.0386. The second kappa shape index (κ2) is 11.5. The smallest absolute Gasteiger partial charge is 0.308 e. The Labute approximate surface area is 180 Å². The van der Waals surface area contributed by atoms with Gasteiger partial charge >= 0.3 is 5.97 Å². The van der Waals surface area contributed by atoms with Gasteiger partial charge in [-0.2, -0.15) is 0 Å². The Hall–Kier alpha value is -2.66. The molecular formula is C25H33NO4. The summed E-state index contributed by atoms with van der Waals surface area (Å²) in [6.07, 6.45) is 0.868. The van der Waals surface area contributed by atoms with E-state index in [4.69, 9.17) is 9.47 Å². The zero-order valence-electron chi connectivity index (χ0n) is 18.6. The van der Waals surface area contributed by atoms with Crippen LogP contribution in [0.5, 0.6) is 5.75 Å². The maximum absolute atomic E-state index is 11.7. The Morgan fingerprint density at radius 3 is 2.27 bits per heavy atom. The van der Waals surface area contributed by atoms with Crippen molar-refractivity contribution in [2.45, 2.75) is 65.6 Å². The quantitative estimate of drug-likeness (QED) is 0.298. The molecule has 0 saturated carbocycles. The van der Waals surface area contributed by atoms with Crippen molar-refractivity contribution in [2.24, 2.45) is 0 Å². The van der Waals surface area contributed by atoms with Crippen molar-refractivity contribution < 1.29 is 19.1 Å². The van der Waals surface area contributed by atoms with Crippen molar-refractivity contribution in [3.8, 4) is 5.75 Å². The standard InChI is InChI=1S/C25H33NO4/c1-18(2)26(19(3)4)14-13-23(22-9-7-6-8-10-22)24-15-21(16-29-17-27)11-12-25(24)30-20(5)28/h6-12,15,17-19,23H,13-14,16H2,1-5H3. The van der Waals surface area contributed by atoms with Crippen LogP contribution in [0.4, 0.5) is 0 Å². The Bertz CT molecular complexity index is 809. The van der Waals surface area contributed by atoms with Gasteiger partial charge in [0.1, 0.15) is 12.4 Å². The fourth-order valence-corrected chi connectivity index (χ4v) is 3.92. The molecule has 0 radical (unpaired) electrons. The first-order valence-corrected chi connectivity index (χ1v) is 10.5. The zero-order valence-corrected chi connectivity index (χ0v) is 18.6. The highest BCUT2D eigenvalue weighted by Crippen LogP contribution is 2.36. The summed E-state index contributed by atoms with van der Waals surface area (Å²) in [6.45, 7) is 11.8. The number of carbonyl (C=O) groups excluding carboxylic acids is 2. The Balaban J connectivity index is 2.47. The van der Waals surface area contributed by atoms with Crippen LogP contribution in [0.3, 0.4) is 0 Å². The second-order valence-electron chi connectivity index (χ2n) is 8.05. The van der Waals surface area contributed by atoms with E-state index in [1.807, 2.05) is 30.3 Å². The summed E-state index contributed by atoms with van der Waals surface area (Å²) < 4.78 is 10.5. The lowest BCUT2D eigenvalue weighted by Gasteiger charge is -2.32. The summed E-state index contributed by atoms with van der Waals surface area (Å²) in [5, 5.41) is 0. The molecule has 2 aromatic carbocycles. The molecule has 30 heavy (non-hydrogen) atoms. The van der Waals surface area contributed by atoms with Crippen LogP contribution in [0.15, 0.2) is 48.5 Å². The van der Waals surface area contributed by atoms with Crippen LogP contribution in [-0.2, 0) is 20.9 Å². The zero-order chi connectivity index (χ0) is 22.1. The summed E-state index contributed by atoms with van der Waals surface area (Å²) in [6, 6.07) is 16.7. The van der Waals surface area contributed by atoms with Crippen molar-refractivity contribution in [1.29, 1.82) is 0 Å². The molecule has 0 aromatic heterocycles. The Morgan fingerprint density at radius 1 is 1.03 bits per heavy atom. The summed E-state index contributed by atoms with van der Waals surface area (Å²) in [5.41, 5.74) is 2.95. The highest BCUT2D eigenvalue weighted by atomic mass is 16.5. The van der Waals surface area contributed by atoms with Gasteiger partial charge in [-0.15, -0.1) is 0 Å². The molecule has 0 heterocycles. The molecule has 0 aliphatic heterocycles. The maximum atomic E-state index is 11.7. The van der Waals surface area contributed by atoms with Crippen molar-refractivity contribution in [3.63, 3.8) is 0 Å². The predicted molar refractivity (Wildman–Crippen MR) is 118 cm³/mol. The summed E-state index contributed by atoms with van der Waals surface area (Å²) in [7, 11) is 0. The normalized spacial score (nSPS) is 12.3. The maximum Gasteiger partial charge on any atom is 0.308 e. The van der Waals surface area contributed by atoms with E-state index < -0.39 is 0 Å². The van der Waals surface area contributed by atoms with Crippen LogP contribution in [0.25, 0.3) is 0 Å². The molecule has 2 aromatic rings. The average molecular weight is 412 g/mol. The largest absolute Gasteiger partial charge is 0.463 e. The van der Waals surface area contributed by atoms with Crippen LogP contribution in [-0.4, -0.2) is 36.0 Å². The van der Waals surface area contributed by atoms with Gasteiger partial charge in [-0.1, -0.05) is 36.4 Å². The molecule has 0 N–H and O–H groups in total. The third-order valence-corrected chi connectivity index (χ3v) is 5.23. The van der Waals surface area contributed by atoms with E-state index in [1.54, 1.807) is 6.07 Å². The molecule has 0 aliphatic rings. The van der Waals surface area contributed by atoms with Gasteiger partial charge in [0.05, 0.1) is 0 Å². The fraction of sp³-hybridized carbons (Fsp3) is 0.440. The van der Waals surface area contributed by atoms with Gasteiger partial charge in [-0.05, 0) is 63.9 Å². The molecule has 2 rings (SSSR count). The lowest BCUT2D eigenvalue weighted by atomic mass is 9.86. The van der Waals surface area contributed by atoms with Crippen LogP contribution in [0, 0.1) is 0 Å². The molecule has 1 unspecified atom stereocenters. The number of hydrogen-bond donors (Lipinski definition) is 0. The van der Waals surface area contributed by atoms with Gasteiger partial charge in [0.25, 0.3) is 6.47 Å². The summed E-state index contributed by atoms with van der Waals surface area (Å²) in [4.78, 5) is 24.8. The summed E-state index contributed by atoms with van der Waals surface area (Å²) >= 11 is 0. The molecule has 5 nitrogen and oxygen atoms in total. The third-order valence-electron chi connectivity index (χ3n) is 5.23. The number of ether oxygens (including phenoxy) is 2. The number of nitrogens with zero attached hydrogens (tertiary/aromatic N) is 1. The van der Waals surface area contributed by atoms with E-state index in [0.717, 1.165) is 29.7 Å². The molecule has 0 amide bonds. The topological polar surface area (TPSA) is 55.8 Å². The predicted octanol–water partition coefficient (Wildman–Crippen LogP) is 4.93. The first-order chi connectivity index (χ1) is 14.3. The highest BCUT2D eigenvalue weighted by Gasteiger charge is 2.23. The second-order valence-corrected chi connectivity index (χ2v) is 8.05. The average Bonchev–Trinajstić information content (AvgIpc) is 2.70. The van der Waals surface area contributed by atoms with Crippen LogP contribution < -0.4 is 4.74 Å². The monoisotopic (exact) mass is 411 g/mol. The molecule has 1 atom stereocenters. The summed E-state index contributed by atoms with van der Waals surface area (Å²) in [5.74, 6) is 0.231. The van der Waals surface area contributed by atoms with E-state index in [1.165, 1.54) is 6.92 Å². The molecule has 0 bridgehead atoms. The molecule has 0 aliphatic carbocycles. The van der Waals surface area contributed by atoms with Crippen LogP contribution in [0.1, 0.15) is 63.6 Å². The molecule has 0 fully saturated rings. The van der Waals surface area contributed by atoms with Crippen LogP contribution >= 0.6 is 0 Å². The number of carbonyl (C=O) groups is 2. The molecule has 0 saturated heterocycles. The van der Waals surface area contributed by atoms with Gasteiger partial charge < -0.3 is 9.47 Å². The molecule has 0 spiro atoms. The van der Waals surface area contributed by atoms with Crippen molar-refractivity contribution in [2.75, 3.05) is 6.54 Å². The highest BCUT2D eigenvalue weighted by molar-refractivity contribution is 5.70. The van der Waals surface area contributed by atoms with Gasteiger partial charge in [0.2, 0.25) is 0 Å². The Morgan fingerprint density at radius 2 is 1.70 bits per heavy atom. The van der Waals surface area contributed by atoms with E-state index in [9.17, 15) is 9.59 Å². The van der Waals surface area contributed by atoms with Crippen molar-refractivity contribution >= 4 is 12.4 Å². The van der Waals surface area contributed by atoms with Crippen LogP contribution in [0.2, 0.25) is 0 Å². The van der Waals surface area contributed by atoms with Gasteiger partial charge in [-0.3, -0.25) is 14.5 Å². The van der Waals surface area contributed by atoms with Gasteiger partial charge in [0.15, 0.2) is 0 Å². The minimum Gasteiger partial charge on any atom is -0.463 e. The van der Waals surface area contributed by atoms with Crippen molar-refractivity contribution in [1.82, 2.24) is 4.90 Å². The SMILES string of the molecule is CC(=O)Oc1ccc(COC=O)cc1C(CCN(C(C)C)C(C)C)c1ccccc1. The lowest BCUT2D eigenvalue weighted by molar-refractivity contribution is -0.132. The molecule has 162 valence electrons. The fourth-order valence-electron chi connectivity index (χ4n) is 3.92. The molecular weight excluding hydrogens is 378 g/mol. The number of benzene rings is 2. The molecule has 5 heteroatoms. The lowest BCUT2D eigenvalue weighted by Crippen LogP contribution is -2.38. The number of esters is 1.